The molecular weight excluding hydrogens is 508 g/mol. The number of benzene rings is 2. The number of para-hydroxylation sites is 1. The SMILES string of the molecule is COc1cccc(CCN(C(=O)CCC2CCCC2)C2C=C(C(=O)NCCO)C3c4ccccc4OC3C2O)c1. The van der Waals surface area contributed by atoms with Crippen LogP contribution < -0.4 is 14.8 Å². The van der Waals surface area contributed by atoms with Crippen molar-refractivity contribution in [2.75, 3.05) is 26.8 Å². The fraction of sp³-hybridized carbons (Fsp3) is 0.500. The molecule has 1 heterocycles. The van der Waals surface area contributed by atoms with Crippen LogP contribution in [0, 0.1) is 5.92 Å². The summed E-state index contributed by atoms with van der Waals surface area (Å²) in [5, 5.41) is 23.8. The molecule has 5 rings (SSSR count). The summed E-state index contributed by atoms with van der Waals surface area (Å²) in [5.41, 5.74) is 2.31. The van der Waals surface area contributed by atoms with Crippen molar-refractivity contribution in [3.63, 3.8) is 0 Å². The van der Waals surface area contributed by atoms with Crippen molar-refractivity contribution in [3.05, 3.63) is 71.3 Å². The predicted molar refractivity (Wildman–Crippen MR) is 151 cm³/mol. The highest BCUT2D eigenvalue weighted by Gasteiger charge is 2.50. The molecule has 0 aromatic heterocycles. The Kier molecular flexibility index (Phi) is 9.07. The summed E-state index contributed by atoms with van der Waals surface area (Å²) in [7, 11) is 1.63. The second-order valence-corrected chi connectivity index (χ2v) is 11.1. The number of nitrogens with zero attached hydrogens (tertiary/aromatic N) is 1. The Labute approximate surface area is 236 Å². The van der Waals surface area contributed by atoms with Crippen LogP contribution in [0.5, 0.6) is 11.5 Å². The van der Waals surface area contributed by atoms with E-state index in [2.05, 4.69) is 5.32 Å². The van der Waals surface area contributed by atoms with Gasteiger partial charge in [-0.15, -0.1) is 0 Å². The van der Waals surface area contributed by atoms with Gasteiger partial charge in [0.15, 0.2) is 0 Å². The second kappa shape index (κ2) is 12.9. The number of hydrogen-bond acceptors (Lipinski definition) is 6. The molecule has 2 amide bonds. The van der Waals surface area contributed by atoms with Gasteiger partial charge in [0.25, 0.3) is 0 Å². The molecule has 0 saturated heterocycles. The molecule has 2 aromatic carbocycles. The molecule has 0 radical (unpaired) electrons. The van der Waals surface area contributed by atoms with Crippen molar-refractivity contribution in [1.82, 2.24) is 10.2 Å². The fourth-order valence-corrected chi connectivity index (χ4v) is 6.48. The summed E-state index contributed by atoms with van der Waals surface area (Å²) in [5.74, 6) is 1.12. The first kappa shape index (κ1) is 28.2. The summed E-state index contributed by atoms with van der Waals surface area (Å²) < 4.78 is 11.6. The lowest BCUT2D eigenvalue weighted by Crippen LogP contribution is -2.56. The molecular formula is C32H40N2O6. The monoisotopic (exact) mass is 548 g/mol. The van der Waals surface area contributed by atoms with E-state index in [1.165, 1.54) is 12.8 Å². The molecule has 3 N–H and O–H groups in total. The van der Waals surface area contributed by atoms with Crippen LogP contribution in [-0.4, -0.2) is 72.0 Å². The number of amides is 2. The third kappa shape index (κ3) is 6.03. The number of hydrogen-bond donors (Lipinski definition) is 3. The number of aliphatic hydroxyl groups excluding tert-OH is 2. The minimum absolute atomic E-state index is 0.0285. The Morgan fingerprint density at radius 3 is 2.70 bits per heavy atom. The van der Waals surface area contributed by atoms with E-state index in [1.807, 2.05) is 48.5 Å². The zero-order valence-corrected chi connectivity index (χ0v) is 23.1. The van der Waals surface area contributed by atoms with Crippen LogP contribution >= 0.6 is 0 Å². The van der Waals surface area contributed by atoms with Crippen LogP contribution in [-0.2, 0) is 16.0 Å². The Bertz CT molecular complexity index is 1220. The first-order valence-corrected chi connectivity index (χ1v) is 14.5. The lowest BCUT2D eigenvalue weighted by molar-refractivity contribution is -0.137. The maximum atomic E-state index is 13.8. The van der Waals surface area contributed by atoms with E-state index in [4.69, 9.17) is 9.47 Å². The average molecular weight is 549 g/mol. The number of ether oxygens (including phenoxy) is 2. The molecule has 3 aliphatic rings. The molecule has 2 aliphatic carbocycles. The molecule has 0 spiro atoms. The van der Waals surface area contributed by atoms with Gasteiger partial charge in [-0.3, -0.25) is 9.59 Å². The van der Waals surface area contributed by atoms with Gasteiger partial charge in [-0.25, -0.2) is 0 Å². The highest BCUT2D eigenvalue weighted by molar-refractivity contribution is 5.96. The second-order valence-electron chi connectivity index (χ2n) is 11.1. The summed E-state index contributed by atoms with van der Waals surface area (Å²) in [6, 6.07) is 14.5. The summed E-state index contributed by atoms with van der Waals surface area (Å²) in [6.07, 6.45) is 6.60. The first-order chi connectivity index (χ1) is 19.5. The topological polar surface area (TPSA) is 108 Å². The molecule has 4 atom stereocenters. The Morgan fingerprint density at radius 1 is 1.12 bits per heavy atom. The molecule has 4 unspecified atom stereocenters. The standard InChI is InChI=1S/C32H40N2O6/c1-39-23-10-6-9-22(19-23)15-17-34(28(36)14-13-21-7-2-3-8-21)26-20-25(32(38)33-16-18-35)29-24-11-4-5-12-27(24)40-31(29)30(26)37/h4-6,9-12,19-21,26,29-31,35,37H,2-3,7-8,13-18H2,1H3,(H,33,38). The van der Waals surface area contributed by atoms with Crippen molar-refractivity contribution in [2.24, 2.45) is 5.92 Å². The highest BCUT2D eigenvalue weighted by Crippen LogP contribution is 2.47. The van der Waals surface area contributed by atoms with Crippen LogP contribution in [0.2, 0.25) is 0 Å². The van der Waals surface area contributed by atoms with Gasteiger partial charge < -0.3 is 29.9 Å². The van der Waals surface area contributed by atoms with Gasteiger partial charge in [-0.05, 0) is 48.6 Å². The van der Waals surface area contributed by atoms with E-state index in [9.17, 15) is 19.8 Å². The fourth-order valence-electron chi connectivity index (χ4n) is 6.48. The maximum absolute atomic E-state index is 13.8. The van der Waals surface area contributed by atoms with E-state index < -0.39 is 24.2 Å². The zero-order valence-electron chi connectivity index (χ0n) is 23.1. The van der Waals surface area contributed by atoms with Crippen LogP contribution in [0.25, 0.3) is 0 Å². The summed E-state index contributed by atoms with van der Waals surface area (Å²) in [6.45, 7) is 0.312. The van der Waals surface area contributed by atoms with Gasteiger partial charge in [0.1, 0.15) is 23.7 Å². The Hall–Kier alpha value is -3.36. The van der Waals surface area contributed by atoms with E-state index in [-0.39, 0.29) is 25.0 Å². The molecule has 8 heteroatoms. The van der Waals surface area contributed by atoms with Gasteiger partial charge in [-0.2, -0.15) is 0 Å². The lowest BCUT2D eigenvalue weighted by Gasteiger charge is -2.41. The highest BCUT2D eigenvalue weighted by atomic mass is 16.5. The average Bonchev–Trinajstić information content (AvgIpc) is 3.64. The molecule has 0 bridgehead atoms. The predicted octanol–water partition coefficient (Wildman–Crippen LogP) is 3.36. The van der Waals surface area contributed by atoms with Gasteiger partial charge in [0, 0.05) is 30.6 Å². The molecule has 8 nitrogen and oxygen atoms in total. The maximum Gasteiger partial charge on any atom is 0.247 e. The van der Waals surface area contributed by atoms with Gasteiger partial charge in [0.2, 0.25) is 11.8 Å². The Balaban J connectivity index is 1.45. The van der Waals surface area contributed by atoms with Crippen molar-refractivity contribution in [1.29, 1.82) is 0 Å². The van der Waals surface area contributed by atoms with E-state index >= 15 is 0 Å². The molecule has 1 saturated carbocycles. The number of methoxy groups -OCH3 is 1. The summed E-state index contributed by atoms with van der Waals surface area (Å²) in [4.78, 5) is 28.9. The van der Waals surface area contributed by atoms with E-state index in [0.29, 0.717) is 36.6 Å². The van der Waals surface area contributed by atoms with Crippen LogP contribution in [0.1, 0.15) is 55.6 Å². The normalized spacial score (nSPS) is 23.5. The number of carbonyl (C=O) groups excluding carboxylic acids is 2. The number of aliphatic hydroxyl groups is 2. The third-order valence-corrected chi connectivity index (χ3v) is 8.57. The molecule has 40 heavy (non-hydrogen) atoms. The minimum atomic E-state index is -1.02. The van der Waals surface area contributed by atoms with Crippen molar-refractivity contribution in [3.8, 4) is 11.5 Å². The van der Waals surface area contributed by atoms with Crippen LogP contribution in [0.15, 0.2) is 60.2 Å². The number of nitrogens with one attached hydrogen (secondary N) is 1. The zero-order chi connectivity index (χ0) is 28.1. The number of rotatable bonds is 11. The van der Waals surface area contributed by atoms with Gasteiger partial charge in [-0.1, -0.05) is 56.0 Å². The quantitative estimate of drug-likeness (QED) is 0.398. The van der Waals surface area contributed by atoms with E-state index in [1.54, 1.807) is 18.1 Å². The Morgan fingerprint density at radius 2 is 1.93 bits per heavy atom. The van der Waals surface area contributed by atoms with Crippen LogP contribution in [0.3, 0.4) is 0 Å². The number of carbonyl (C=O) groups is 2. The molecule has 2 aromatic rings. The molecule has 214 valence electrons. The van der Waals surface area contributed by atoms with Crippen molar-refractivity contribution < 1.29 is 29.3 Å². The largest absolute Gasteiger partial charge is 0.497 e. The third-order valence-electron chi connectivity index (χ3n) is 8.57. The van der Waals surface area contributed by atoms with Gasteiger partial charge >= 0.3 is 0 Å². The van der Waals surface area contributed by atoms with Crippen LogP contribution in [0.4, 0.5) is 0 Å². The smallest absolute Gasteiger partial charge is 0.247 e. The van der Waals surface area contributed by atoms with Crippen molar-refractivity contribution >= 4 is 11.8 Å². The van der Waals surface area contributed by atoms with E-state index in [0.717, 1.165) is 36.1 Å². The van der Waals surface area contributed by atoms with Gasteiger partial charge in [0.05, 0.1) is 25.7 Å². The van der Waals surface area contributed by atoms with Crippen molar-refractivity contribution in [2.45, 2.75) is 69.1 Å². The minimum Gasteiger partial charge on any atom is -0.497 e. The summed E-state index contributed by atoms with van der Waals surface area (Å²) >= 11 is 0. The lowest BCUT2D eigenvalue weighted by atomic mass is 9.77. The molecule has 1 aliphatic heterocycles. The molecule has 1 fully saturated rings. The first-order valence-electron chi connectivity index (χ1n) is 14.5. The number of fused-ring (bicyclic) bond motifs is 3.